The maximum atomic E-state index is 12.1. The number of para-hydroxylation sites is 1. The largest absolute Gasteiger partial charge is 0.380 e. The van der Waals surface area contributed by atoms with Crippen LogP contribution in [-0.2, 0) is 9.84 Å². The molecule has 2 rings (SSSR count). The molecule has 1 unspecified atom stereocenters. The van der Waals surface area contributed by atoms with Gasteiger partial charge in [0.1, 0.15) is 0 Å². The Labute approximate surface area is 122 Å². The van der Waals surface area contributed by atoms with Gasteiger partial charge in [0.2, 0.25) is 0 Å². The van der Waals surface area contributed by atoms with Gasteiger partial charge in [0.25, 0.3) is 0 Å². The van der Waals surface area contributed by atoms with Gasteiger partial charge in [-0.05, 0) is 38.1 Å². The Morgan fingerprint density at radius 2 is 2.05 bits per heavy atom. The number of anilines is 1. The highest BCUT2D eigenvalue weighted by Gasteiger charge is 2.21. The van der Waals surface area contributed by atoms with Gasteiger partial charge < -0.3 is 10.2 Å². The second kappa shape index (κ2) is 6.59. The van der Waals surface area contributed by atoms with Crippen molar-refractivity contribution in [1.29, 1.82) is 0 Å². The van der Waals surface area contributed by atoms with Crippen LogP contribution >= 0.6 is 0 Å². The van der Waals surface area contributed by atoms with Crippen molar-refractivity contribution in [2.45, 2.75) is 37.6 Å². The lowest BCUT2D eigenvalue weighted by Gasteiger charge is -2.33. The van der Waals surface area contributed by atoms with E-state index >= 15 is 0 Å². The number of hydrogen-bond acceptors (Lipinski definition) is 4. The standard InChI is InChI=1S/C15H24N2O2S/c1-3-17-11-7-8-13(12-17)16-14-9-5-6-10-15(14)20(18,19)4-2/h5-6,9-10,13,16H,3-4,7-8,11-12H2,1-2H3. The fourth-order valence-electron chi connectivity index (χ4n) is 2.69. The molecule has 1 aromatic carbocycles. The Hall–Kier alpha value is -1.07. The fraction of sp³-hybridized carbons (Fsp3) is 0.600. The first-order valence-electron chi connectivity index (χ1n) is 7.37. The topological polar surface area (TPSA) is 49.4 Å². The molecular formula is C15H24N2O2S. The minimum atomic E-state index is -3.17. The third-order valence-electron chi connectivity index (χ3n) is 3.91. The highest BCUT2D eigenvalue weighted by molar-refractivity contribution is 7.91. The molecule has 1 aliphatic heterocycles. The summed E-state index contributed by atoms with van der Waals surface area (Å²) in [5.41, 5.74) is 0.748. The van der Waals surface area contributed by atoms with Gasteiger partial charge in [-0.2, -0.15) is 0 Å². The molecule has 1 fully saturated rings. The van der Waals surface area contributed by atoms with Crippen LogP contribution in [0.25, 0.3) is 0 Å². The highest BCUT2D eigenvalue weighted by Crippen LogP contribution is 2.24. The van der Waals surface area contributed by atoms with Crippen LogP contribution in [0.3, 0.4) is 0 Å². The molecule has 1 N–H and O–H groups in total. The molecule has 0 aliphatic carbocycles. The quantitative estimate of drug-likeness (QED) is 0.906. The number of piperidine rings is 1. The van der Waals surface area contributed by atoms with E-state index in [2.05, 4.69) is 17.1 Å². The Kier molecular flexibility index (Phi) is 5.05. The van der Waals surface area contributed by atoms with Crippen molar-refractivity contribution in [3.05, 3.63) is 24.3 Å². The number of nitrogens with zero attached hydrogens (tertiary/aromatic N) is 1. The van der Waals surface area contributed by atoms with E-state index in [4.69, 9.17) is 0 Å². The lowest BCUT2D eigenvalue weighted by molar-refractivity contribution is 0.226. The zero-order valence-electron chi connectivity index (χ0n) is 12.3. The molecule has 0 aromatic heterocycles. The van der Waals surface area contributed by atoms with Crippen molar-refractivity contribution in [3.8, 4) is 0 Å². The van der Waals surface area contributed by atoms with Gasteiger partial charge in [-0.25, -0.2) is 8.42 Å². The maximum Gasteiger partial charge on any atom is 0.180 e. The first-order valence-corrected chi connectivity index (χ1v) is 9.02. The second-order valence-corrected chi connectivity index (χ2v) is 7.52. The van der Waals surface area contributed by atoms with E-state index in [1.54, 1.807) is 19.1 Å². The molecule has 0 bridgehead atoms. The minimum Gasteiger partial charge on any atom is -0.380 e. The predicted octanol–water partition coefficient (Wildman–Crippen LogP) is 2.38. The lowest BCUT2D eigenvalue weighted by atomic mass is 10.1. The highest BCUT2D eigenvalue weighted by atomic mass is 32.2. The molecule has 20 heavy (non-hydrogen) atoms. The van der Waals surface area contributed by atoms with Crippen molar-refractivity contribution < 1.29 is 8.42 Å². The van der Waals surface area contributed by atoms with E-state index in [-0.39, 0.29) is 5.75 Å². The predicted molar refractivity (Wildman–Crippen MR) is 82.9 cm³/mol. The van der Waals surface area contributed by atoms with Crippen LogP contribution < -0.4 is 5.32 Å². The van der Waals surface area contributed by atoms with Crippen LogP contribution in [0.4, 0.5) is 5.69 Å². The van der Waals surface area contributed by atoms with Crippen LogP contribution in [0.5, 0.6) is 0 Å². The average molecular weight is 296 g/mol. The van der Waals surface area contributed by atoms with E-state index < -0.39 is 9.84 Å². The van der Waals surface area contributed by atoms with Gasteiger partial charge in [0, 0.05) is 12.6 Å². The molecule has 5 heteroatoms. The van der Waals surface area contributed by atoms with Crippen molar-refractivity contribution in [3.63, 3.8) is 0 Å². The summed E-state index contributed by atoms with van der Waals surface area (Å²) < 4.78 is 24.3. The molecular weight excluding hydrogens is 272 g/mol. The monoisotopic (exact) mass is 296 g/mol. The van der Waals surface area contributed by atoms with Crippen molar-refractivity contribution in [2.24, 2.45) is 0 Å². The molecule has 1 saturated heterocycles. The number of benzene rings is 1. The maximum absolute atomic E-state index is 12.1. The first-order chi connectivity index (χ1) is 9.56. The van der Waals surface area contributed by atoms with Crippen molar-refractivity contribution in [2.75, 3.05) is 30.7 Å². The zero-order chi connectivity index (χ0) is 14.6. The van der Waals surface area contributed by atoms with Crippen LogP contribution in [0.2, 0.25) is 0 Å². The van der Waals surface area contributed by atoms with E-state index in [9.17, 15) is 8.42 Å². The zero-order valence-corrected chi connectivity index (χ0v) is 13.1. The first kappa shape index (κ1) is 15.3. The SMILES string of the molecule is CCN1CCCC(Nc2ccccc2S(=O)(=O)CC)C1. The van der Waals surface area contributed by atoms with E-state index in [1.165, 1.54) is 0 Å². The van der Waals surface area contributed by atoms with Crippen molar-refractivity contribution in [1.82, 2.24) is 4.90 Å². The van der Waals surface area contributed by atoms with E-state index in [0.717, 1.165) is 38.2 Å². The average Bonchev–Trinajstić information content (AvgIpc) is 2.48. The van der Waals surface area contributed by atoms with E-state index in [0.29, 0.717) is 10.9 Å². The number of nitrogens with one attached hydrogen (secondary N) is 1. The molecule has 0 radical (unpaired) electrons. The van der Waals surface area contributed by atoms with Crippen LogP contribution in [0.15, 0.2) is 29.2 Å². The van der Waals surface area contributed by atoms with Crippen LogP contribution in [0.1, 0.15) is 26.7 Å². The summed E-state index contributed by atoms with van der Waals surface area (Å²) in [6, 6.07) is 7.57. The molecule has 0 amide bonds. The lowest BCUT2D eigenvalue weighted by Crippen LogP contribution is -2.42. The van der Waals surface area contributed by atoms with Crippen molar-refractivity contribution >= 4 is 15.5 Å². The Bertz CT molecular complexity index is 543. The Morgan fingerprint density at radius 1 is 1.30 bits per heavy atom. The molecule has 1 atom stereocenters. The summed E-state index contributed by atoms with van der Waals surface area (Å²) in [6.45, 7) is 7.02. The molecule has 112 valence electrons. The molecule has 1 aromatic rings. The fourth-order valence-corrected chi connectivity index (χ4v) is 3.75. The van der Waals surface area contributed by atoms with E-state index in [1.807, 2.05) is 12.1 Å². The third-order valence-corrected chi connectivity index (χ3v) is 5.70. The molecule has 0 spiro atoms. The Morgan fingerprint density at radius 3 is 2.75 bits per heavy atom. The van der Waals surface area contributed by atoms with Gasteiger partial charge >= 0.3 is 0 Å². The van der Waals surface area contributed by atoms with Gasteiger partial charge in [0.15, 0.2) is 9.84 Å². The summed E-state index contributed by atoms with van der Waals surface area (Å²) >= 11 is 0. The molecule has 4 nitrogen and oxygen atoms in total. The second-order valence-electron chi connectivity index (χ2n) is 5.28. The third kappa shape index (κ3) is 3.52. The molecule has 1 heterocycles. The summed E-state index contributed by atoms with van der Waals surface area (Å²) in [7, 11) is -3.17. The summed E-state index contributed by atoms with van der Waals surface area (Å²) in [4.78, 5) is 2.83. The molecule has 0 saturated carbocycles. The van der Waals surface area contributed by atoms with Gasteiger partial charge in [0.05, 0.1) is 16.3 Å². The van der Waals surface area contributed by atoms with Gasteiger partial charge in [-0.1, -0.05) is 26.0 Å². The Balaban J connectivity index is 2.17. The van der Waals surface area contributed by atoms with Crippen LogP contribution in [-0.4, -0.2) is 44.7 Å². The summed E-state index contributed by atoms with van der Waals surface area (Å²) in [5, 5.41) is 3.43. The van der Waals surface area contributed by atoms with Gasteiger partial charge in [-0.15, -0.1) is 0 Å². The normalized spacial score (nSPS) is 20.8. The molecule has 1 aliphatic rings. The van der Waals surface area contributed by atoms with Crippen LogP contribution in [0, 0.1) is 0 Å². The summed E-state index contributed by atoms with van der Waals surface area (Å²) in [5.74, 6) is 0.136. The number of likely N-dealkylation sites (tertiary alicyclic amines) is 1. The smallest absolute Gasteiger partial charge is 0.180 e. The minimum absolute atomic E-state index is 0.136. The number of likely N-dealkylation sites (N-methyl/N-ethyl adjacent to an activating group) is 1. The summed E-state index contributed by atoms with van der Waals surface area (Å²) in [6.07, 6.45) is 2.26. The number of hydrogen-bond donors (Lipinski definition) is 1. The number of sulfone groups is 1. The number of rotatable bonds is 5. The van der Waals surface area contributed by atoms with Gasteiger partial charge in [-0.3, -0.25) is 0 Å².